The fraction of sp³-hybridized carbons (Fsp3) is 0.158. The topological polar surface area (TPSA) is 81.4 Å². The lowest BCUT2D eigenvalue weighted by atomic mass is 10.2. The molecule has 0 aliphatic rings. The molecule has 0 saturated carbocycles. The summed E-state index contributed by atoms with van der Waals surface area (Å²) in [6, 6.07) is 16.8. The number of anilines is 1. The monoisotopic (exact) mass is 379 g/mol. The van der Waals surface area contributed by atoms with Gasteiger partial charge in [-0.25, -0.2) is 0 Å². The Labute approximate surface area is 159 Å². The van der Waals surface area contributed by atoms with Crippen LogP contribution in [0, 0.1) is 0 Å². The highest BCUT2D eigenvalue weighted by molar-refractivity contribution is 7.19. The molecule has 0 fully saturated rings. The molecule has 7 nitrogen and oxygen atoms in total. The van der Waals surface area contributed by atoms with Gasteiger partial charge in [0.2, 0.25) is 4.96 Å². The summed E-state index contributed by atoms with van der Waals surface area (Å²) in [5.41, 5.74) is 1.60. The SMILES string of the molecule is CCc1nnc2sc(-c3cccc(NC(=O)COc4ccccc4)c3)nn12. The Morgan fingerprint density at radius 1 is 1.15 bits per heavy atom. The molecule has 1 amide bonds. The van der Waals surface area contributed by atoms with E-state index < -0.39 is 0 Å². The van der Waals surface area contributed by atoms with Crippen LogP contribution in [0.15, 0.2) is 54.6 Å². The molecular formula is C19H17N5O2S. The van der Waals surface area contributed by atoms with Crippen LogP contribution in [0.5, 0.6) is 5.75 Å². The Bertz CT molecular complexity index is 1070. The van der Waals surface area contributed by atoms with Crippen LogP contribution in [0.4, 0.5) is 5.69 Å². The molecule has 136 valence electrons. The van der Waals surface area contributed by atoms with Crippen LogP contribution in [0.25, 0.3) is 15.5 Å². The minimum Gasteiger partial charge on any atom is -0.484 e. The van der Waals surface area contributed by atoms with Crippen molar-refractivity contribution < 1.29 is 9.53 Å². The van der Waals surface area contributed by atoms with E-state index in [1.165, 1.54) is 11.3 Å². The lowest BCUT2D eigenvalue weighted by Gasteiger charge is -2.08. The number of amides is 1. The van der Waals surface area contributed by atoms with Gasteiger partial charge in [-0.05, 0) is 24.3 Å². The zero-order valence-corrected chi connectivity index (χ0v) is 15.4. The molecule has 2 heterocycles. The summed E-state index contributed by atoms with van der Waals surface area (Å²) in [7, 11) is 0. The van der Waals surface area contributed by atoms with Gasteiger partial charge in [0.05, 0.1) is 0 Å². The van der Waals surface area contributed by atoms with Gasteiger partial charge in [0.25, 0.3) is 5.91 Å². The van der Waals surface area contributed by atoms with E-state index in [0.29, 0.717) is 11.4 Å². The normalized spacial score (nSPS) is 10.9. The summed E-state index contributed by atoms with van der Waals surface area (Å²) in [5, 5.41) is 16.5. The van der Waals surface area contributed by atoms with Gasteiger partial charge in [0, 0.05) is 17.7 Å². The zero-order valence-electron chi connectivity index (χ0n) is 14.6. The van der Waals surface area contributed by atoms with Gasteiger partial charge in [-0.15, -0.1) is 10.2 Å². The van der Waals surface area contributed by atoms with Crippen molar-refractivity contribution >= 4 is 27.9 Å². The van der Waals surface area contributed by atoms with E-state index in [0.717, 1.165) is 27.8 Å². The molecule has 4 rings (SSSR count). The minimum absolute atomic E-state index is 0.0507. The van der Waals surface area contributed by atoms with Crippen molar-refractivity contribution in [3.8, 4) is 16.3 Å². The Hall–Kier alpha value is -3.26. The molecule has 2 aromatic carbocycles. The number of fused-ring (bicyclic) bond motifs is 1. The van der Waals surface area contributed by atoms with E-state index >= 15 is 0 Å². The Morgan fingerprint density at radius 2 is 2.00 bits per heavy atom. The van der Waals surface area contributed by atoms with Crippen LogP contribution in [-0.4, -0.2) is 32.3 Å². The second-order valence-electron chi connectivity index (χ2n) is 5.80. The molecular weight excluding hydrogens is 362 g/mol. The molecule has 1 N–H and O–H groups in total. The molecule has 0 bridgehead atoms. The van der Waals surface area contributed by atoms with Crippen LogP contribution < -0.4 is 10.1 Å². The highest BCUT2D eigenvalue weighted by Gasteiger charge is 2.12. The minimum atomic E-state index is -0.220. The van der Waals surface area contributed by atoms with Gasteiger partial charge in [-0.3, -0.25) is 4.79 Å². The molecule has 0 saturated heterocycles. The predicted molar refractivity (Wildman–Crippen MR) is 104 cm³/mol. The van der Waals surface area contributed by atoms with E-state index in [1.807, 2.05) is 61.5 Å². The van der Waals surface area contributed by atoms with Gasteiger partial charge in [-0.1, -0.05) is 48.6 Å². The number of nitrogens with one attached hydrogen (secondary N) is 1. The maximum absolute atomic E-state index is 12.1. The van der Waals surface area contributed by atoms with Crippen molar-refractivity contribution in [1.82, 2.24) is 19.8 Å². The number of hydrogen-bond acceptors (Lipinski definition) is 6. The fourth-order valence-electron chi connectivity index (χ4n) is 2.59. The van der Waals surface area contributed by atoms with Gasteiger partial charge < -0.3 is 10.1 Å². The second-order valence-corrected chi connectivity index (χ2v) is 6.76. The first-order chi connectivity index (χ1) is 13.2. The maximum Gasteiger partial charge on any atom is 0.262 e. The Morgan fingerprint density at radius 3 is 2.81 bits per heavy atom. The summed E-state index contributed by atoms with van der Waals surface area (Å²) < 4.78 is 7.23. The molecule has 0 atom stereocenters. The van der Waals surface area contributed by atoms with Crippen LogP contribution in [0.2, 0.25) is 0 Å². The molecule has 2 aromatic heterocycles. The van der Waals surface area contributed by atoms with E-state index in [-0.39, 0.29) is 12.5 Å². The summed E-state index contributed by atoms with van der Waals surface area (Å²) in [6.45, 7) is 1.97. The third kappa shape index (κ3) is 3.80. The average molecular weight is 379 g/mol. The van der Waals surface area contributed by atoms with E-state index in [9.17, 15) is 4.79 Å². The van der Waals surface area contributed by atoms with Crippen molar-refractivity contribution in [1.29, 1.82) is 0 Å². The summed E-state index contributed by atoms with van der Waals surface area (Å²) >= 11 is 1.46. The Balaban J connectivity index is 1.46. The molecule has 0 aliphatic heterocycles. The lowest BCUT2D eigenvalue weighted by molar-refractivity contribution is -0.118. The molecule has 27 heavy (non-hydrogen) atoms. The van der Waals surface area contributed by atoms with Crippen molar-refractivity contribution in [3.05, 3.63) is 60.4 Å². The van der Waals surface area contributed by atoms with E-state index in [2.05, 4.69) is 20.6 Å². The first-order valence-electron chi connectivity index (χ1n) is 8.52. The molecule has 0 aliphatic carbocycles. The highest BCUT2D eigenvalue weighted by atomic mass is 32.1. The number of aromatic nitrogens is 4. The standard InChI is InChI=1S/C19H17N5O2S/c1-2-16-21-22-19-24(16)23-18(27-19)13-7-6-8-14(11-13)20-17(25)12-26-15-9-4-3-5-10-15/h3-11H,2,12H2,1H3,(H,20,25). The third-order valence-corrected chi connectivity index (χ3v) is 4.83. The van der Waals surface area contributed by atoms with Gasteiger partial charge in [-0.2, -0.15) is 9.61 Å². The number of carbonyl (C=O) groups excluding carboxylic acids is 1. The van der Waals surface area contributed by atoms with Crippen LogP contribution in [-0.2, 0) is 11.2 Å². The van der Waals surface area contributed by atoms with Gasteiger partial charge in [0.1, 0.15) is 10.8 Å². The summed E-state index contributed by atoms with van der Waals surface area (Å²) in [4.78, 5) is 12.9. The van der Waals surface area contributed by atoms with Crippen molar-refractivity contribution in [2.75, 3.05) is 11.9 Å². The number of para-hydroxylation sites is 1. The number of ether oxygens (including phenoxy) is 1. The van der Waals surface area contributed by atoms with E-state index in [1.54, 1.807) is 4.52 Å². The van der Waals surface area contributed by atoms with Crippen molar-refractivity contribution in [2.24, 2.45) is 0 Å². The molecule has 4 aromatic rings. The second kappa shape index (κ2) is 7.55. The van der Waals surface area contributed by atoms with Crippen LogP contribution in [0.1, 0.15) is 12.7 Å². The largest absolute Gasteiger partial charge is 0.484 e. The number of carbonyl (C=O) groups is 1. The van der Waals surface area contributed by atoms with Crippen LogP contribution >= 0.6 is 11.3 Å². The fourth-order valence-corrected chi connectivity index (χ4v) is 3.44. The van der Waals surface area contributed by atoms with Gasteiger partial charge >= 0.3 is 0 Å². The van der Waals surface area contributed by atoms with E-state index in [4.69, 9.17) is 4.74 Å². The summed E-state index contributed by atoms with van der Waals surface area (Å²) in [6.07, 6.45) is 0.766. The number of benzene rings is 2. The molecule has 0 spiro atoms. The number of rotatable bonds is 6. The third-order valence-electron chi connectivity index (χ3n) is 3.88. The first kappa shape index (κ1) is 17.2. The highest BCUT2D eigenvalue weighted by Crippen LogP contribution is 2.27. The predicted octanol–water partition coefficient (Wildman–Crippen LogP) is 3.43. The Kier molecular flexibility index (Phi) is 4.80. The zero-order chi connectivity index (χ0) is 18.6. The molecule has 0 radical (unpaired) electrons. The molecule has 8 heteroatoms. The molecule has 0 unspecified atom stereocenters. The maximum atomic E-state index is 12.1. The van der Waals surface area contributed by atoms with Gasteiger partial charge in [0.15, 0.2) is 12.4 Å². The number of hydrogen-bond donors (Lipinski definition) is 1. The number of nitrogens with zero attached hydrogens (tertiary/aromatic N) is 4. The average Bonchev–Trinajstić information content (AvgIpc) is 3.28. The smallest absolute Gasteiger partial charge is 0.262 e. The number of aryl methyl sites for hydroxylation is 1. The lowest BCUT2D eigenvalue weighted by Crippen LogP contribution is -2.20. The quantitative estimate of drug-likeness (QED) is 0.555. The first-order valence-corrected chi connectivity index (χ1v) is 9.34. The van der Waals surface area contributed by atoms with Crippen LogP contribution in [0.3, 0.4) is 0 Å². The van der Waals surface area contributed by atoms with Crippen molar-refractivity contribution in [3.63, 3.8) is 0 Å². The summed E-state index contributed by atoms with van der Waals surface area (Å²) in [5.74, 6) is 1.27. The van der Waals surface area contributed by atoms with Crippen molar-refractivity contribution in [2.45, 2.75) is 13.3 Å².